The maximum atomic E-state index is 5.84. The number of rotatable bonds is 9. The molecule has 0 aromatic heterocycles. The van der Waals surface area contributed by atoms with Gasteiger partial charge in [0.05, 0.1) is 12.7 Å². The van der Waals surface area contributed by atoms with Crippen molar-refractivity contribution >= 4 is 17.2 Å². The lowest BCUT2D eigenvalue weighted by Crippen LogP contribution is -2.10. The van der Waals surface area contributed by atoms with Crippen molar-refractivity contribution < 1.29 is 4.74 Å². The second-order valence-corrected chi connectivity index (χ2v) is 5.47. The van der Waals surface area contributed by atoms with Crippen LogP contribution in [0.2, 0.25) is 0 Å². The van der Waals surface area contributed by atoms with Crippen LogP contribution in [0.1, 0.15) is 57.1 Å². The molecule has 2 N–H and O–H groups in total. The average molecular weight is 279 g/mol. The Morgan fingerprint density at radius 2 is 1.89 bits per heavy atom. The summed E-state index contributed by atoms with van der Waals surface area (Å²) in [4.78, 5) is 0.441. The first-order valence-electron chi connectivity index (χ1n) is 7.13. The van der Waals surface area contributed by atoms with Gasteiger partial charge in [-0.2, -0.15) is 0 Å². The Bertz CT molecular complexity index is 375. The Labute approximate surface area is 122 Å². The highest BCUT2D eigenvalue weighted by Gasteiger charge is 2.03. The highest BCUT2D eigenvalue weighted by molar-refractivity contribution is 7.80. The summed E-state index contributed by atoms with van der Waals surface area (Å²) in [7, 11) is 0. The van der Waals surface area contributed by atoms with E-state index in [1.807, 2.05) is 24.3 Å². The zero-order valence-corrected chi connectivity index (χ0v) is 12.8. The first kappa shape index (κ1) is 16.1. The van der Waals surface area contributed by atoms with E-state index in [0.717, 1.165) is 12.0 Å². The fraction of sp³-hybridized carbons (Fsp3) is 0.562. The lowest BCUT2D eigenvalue weighted by Gasteiger charge is -2.13. The van der Waals surface area contributed by atoms with Crippen LogP contribution in [-0.4, -0.2) is 11.1 Å². The van der Waals surface area contributed by atoms with Gasteiger partial charge in [0.25, 0.3) is 0 Å². The van der Waals surface area contributed by atoms with E-state index in [1.54, 1.807) is 0 Å². The van der Waals surface area contributed by atoms with Gasteiger partial charge in [0, 0.05) is 5.56 Å². The lowest BCUT2D eigenvalue weighted by molar-refractivity contribution is 0.0459. The molecule has 0 radical (unpaired) electrons. The second-order valence-electron chi connectivity index (χ2n) is 5.03. The van der Waals surface area contributed by atoms with Crippen LogP contribution in [0.5, 0.6) is 0 Å². The summed E-state index contributed by atoms with van der Waals surface area (Å²) < 4.78 is 5.84. The van der Waals surface area contributed by atoms with Crippen LogP contribution in [0, 0.1) is 0 Å². The van der Waals surface area contributed by atoms with E-state index < -0.39 is 0 Å². The van der Waals surface area contributed by atoms with E-state index in [-0.39, 0.29) is 0 Å². The van der Waals surface area contributed by atoms with Crippen LogP contribution in [0.4, 0.5) is 0 Å². The minimum Gasteiger partial charge on any atom is -0.389 e. The number of hydrogen-bond acceptors (Lipinski definition) is 2. The maximum Gasteiger partial charge on any atom is 0.103 e. The van der Waals surface area contributed by atoms with Crippen molar-refractivity contribution in [1.82, 2.24) is 0 Å². The highest BCUT2D eigenvalue weighted by Crippen LogP contribution is 2.11. The Balaban J connectivity index is 2.25. The smallest absolute Gasteiger partial charge is 0.103 e. The van der Waals surface area contributed by atoms with Crippen LogP contribution in [0.25, 0.3) is 0 Å². The third-order valence-electron chi connectivity index (χ3n) is 3.24. The van der Waals surface area contributed by atoms with Crippen molar-refractivity contribution in [3.8, 4) is 0 Å². The maximum absolute atomic E-state index is 5.84. The summed E-state index contributed by atoms with van der Waals surface area (Å²) in [6.45, 7) is 5.04. The predicted molar refractivity (Wildman–Crippen MR) is 85.3 cm³/mol. The van der Waals surface area contributed by atoms with Crippen molar-refractivity contribution in [3.63, 3.8) is 0 Å². The zero-order chi connectivity index (χ0) is 14.1. The predicted octanol–water partition coefficient (Wildman–Crippen LogP) is 4.20. The Morgan fingerprint density at radius 1 is 1.21 bits per heavy atom. The van der Waals surface area contributed by atoms with Gasteiger partial charge in [-0.05, 0) is 18.9 Å². The summed E-state index contributed by atoms with van der Waals surface area (Å²) in [6, 6.07) is 7.95. The molecule has 106 valence electrons. The largest absolute Gasteiger partial charge is 0.389 e. The molecule has 1 unspecified atom stereocenters. The zero-order valence-electron chi connectivity index (χ0n) is 12.0. The van der Waals surface area contributed by atoms with Crippen LogP contribution in [-0.2, 0) is 11.3 Å². The van der Waals surface area contributed by atoms with Gasteiger partial charge < -0.3 is 10.5 Å². The molecular weight excluding hydrogens is 254 g/mol. The van der Waals surface area contributed by atoms with E-state index in [9.17, 15) is 0 Å². The molecular formula is C16H25NOS. The molecule has 0 aliphatic rings. The molecule has 3 heteroatoms. The standard InChI is InChI=1S/C16H25NOS/c1-3-4-5-6-7-13(2)18-12-14-8-10-15(11-9-14)16(17)19/h8-11,13H,3-7,12H2,1-2H3,(H2,17,19). The van der Waals surface area contributed by atoms with Crippen LogP contribution in [0.3, 0.4) is 0 Å². The Hall–Kier alpha value is -0.930. The molecule has 19 heavy (non-hydrogen) atoms. The summed E-state index contributed by atoms with van der Waals surface area (Å²) in [5.74, 6) is 0. The van der Waals surface area contributed by atoms with E-state index in [2.05, 4.69) is 13.8 Å². The first-order chi connectivity index (χ1) is 9.13. The Kier molecular flexibility index (Phi) is 7.68. The summed E-state index contributed by atoms with van der Waals surface area (Å²) >= 11 is 4.93. The average Bonchev–Trinajstić information content (AvgIpc) is 2.42. The summed E-state index contributed by atoms with van der Waals surface area (Å²) in [6.07, 6.45) is 6.65. The summed E-state index contributed by atoms with van der Waals surface area (Å²) in [5, 5.41) is 0. The van der Waals surface area contributed by atoms with Crippen molar-refractivity contribution in [3.05, 3.63) is 35.4 Å². The normalized spacial score (nSPS) is 12.3. The lowest BCUT2D eigenvalue weighted by atomic mass is 10.1. The van der Waals surface area contributed by atoms with E-state index in [4.69, 9.17) is 22.7 Å². The minimum atomic E-state index is 0.326. The first-order valence-corrected chi connectivity index (χ1v) is 7.54. The quantitative estimate of drug-likeness (QED) is 0.543. The van der Waals surface area contributed by atoms with Gasteiger partial charge in [0.1, 0.15) is 4.99 Å². The highest BCUT2D eigenvalue weighted by atomic mass is 32.1. The fourth-order valence-electron chi connectivity index (χ4n) is 1.95. The molecule has 1 atom stereocenters. The van der Waals surface area contributed by atoms with Crippen molar-refractivity contribution in [2.45, 2.75) is 58.7 Å². The van der Waals surface area contributed by atoms with E-state index in [0.29, 0.717) is 17.7 Å². The van der Waals surface area contributed by atoms with Gasteiger partial charge in [0.15, 0.2) is 0 Å². The number of nitrogens with two attached hydrogens (primary N) is 1. The van der Waals surface area contributed by atoms with Gasteiger partial charge >= 0.3 is 0 Å². The van der Waals surface area contributed by atoms with E-state index in [1.165, 1.54) is 31.2 Å². The van der Waals surface area contributed by atoms with Crippen LogP contribution < -0.4 is 5.73 Å². The number of benzene rings is 1. The molecule has 1 rings (SSSR count). The molecule has 0 fully saturated rings. The molecule has 0 bridgehead atoms. The van der Waals surface area contributed by atoms with Crippen molar-refractivity contribution in [2.75, 3.05) is 0 Å². The third kappa shape index (κ3) is 6.69. The van der Waals surface area contributed by atoms with Gasteiger partial charge in [-0.3, -0.25) is 0 Å². The molecule has 1 aromatic carbocycles. The minimum absolute atomic E-state index is 0.326. The number of ether oxygens (including phenoxy) is 1. The van der Waals surface area contributed by atoms with Gasteiger partial charge in [-0.25, -0.2) is 0 Å². The van der Waals surface area contributed by atoms with Gasteiger partial charge in [-0.1, -0.05) is 69.1 Å². The molecule has 0 aliphatic carbocycles. The van der Waals surface area contributed by atoms with Crippen LogP contribution in [0.15, 0.2) is 24.3 Å². The molecule has 0 amide bonds. The second kappa shape index (κ2) is 9.05. The van der Waals surface area contributed by atoms with E-state index >= 15 is 0 Å². The Morgan fingerprint density at radius 3 is 2.47 bits per heavy atom. The number of hydrogen-bond donors (Lipinski definition) is 1. The third-order valence-corrected chi connectivity index (χ3v) is 3.47. The van der Waals surface area contributed by atoms with Crippen molar-refractivity contribution in [1.29, 1.82) is 0 Å². The number of thiocarbonyl (C=S) groups is 1. The molecule has 0 spiro atoms. The monoisotopic (exact) mass is 279 g/mol. The molecule has 2 nitrogen and oxygen atoms in total. The van der Waals surface area contributed by atoms with Crippen LogP contribution >= 0.6 is 12.2 Å². The number of unbranched alkanes of at least 4 members (excludes halogenated alkanes) is 3. The fourth-order valence-corrected chi connectivity index (χ4v) is 2.08. The molecule has 0 heterocycles. The van der Waals surface area contributed by atoms with Gasteiger partial charge in [0.2, 0.25) is 0 Å². The molecule has 0 aliphatic heterocycles. The SMILES string of the molecule is CCCCCCC(C)OCc1ccc(C(N)=S)cc1. The molecule has 0 saturated carbocycles. The van der Waals surface area contributed by atoms with Gasteiger partial charge in [-0.15, -0.1) is 0 Å². The topological polar surface area (TPSA) is 35.2 Å². The summed E-state index contributed by atoms with van der Waals surface area (Å²) in [5.41, 5.74) is 7.64. The van der Waals surface area contributed by atoms with Crippen molar-refractivity contribution in [2.24, 2.45) is 5.73 Å². The molecule has 0 saturated heterocycles. The molecule has 1 aromatic rings.